The van der Waals surface area contributed by atoms with E-state index < -0.39 is 5.97 Å². The summed E-state index contributed by atoms with van der Waals surface area (Å²) in [5.74, 6) is -0.828. The first-order valence-electron chi connectivity index (χ1n) is 8.12. The molecule has 1 aliphatic heterocycles. The van der Waals surface area contributed by atoms with Crippen LogP contribution >= 0.6 is 0 Å². The third kappa shape index (κ3) is 4.88. The normalized spacial score (nSPS) is 22.4. The van der Waals surface area contributed by atoms with Crippen molar-refractivity contribution in [3.8, 4) is 0 Å². The van der Waals surface area contributed by atoms with Gasteiger partial charge in [-0.1, -0.05) is 6.92 Å². The molecule has 0 aromatic heterocycles. The molecular weight excluding hydrogens is 270 g/mol. The smallest absolute Gasteiger partial charge is 0.317 e. The van der Waals surface area contributed by atoms with E-state index in [4.69, 9.17) is 5.11 Å². The van der Waals surface area contributed by atoms with Crippen molar-refractivity contribution in [1.29, 1.82) is 0 Å². The molecule has 2 rings (SSSR count). The first-order chi connectivity index (χ1) is 10.1. The summed E-state index contributed by atoms with van der Waals surface area (Å²) >= 11 is 0. The molecule has 1 unspecified atom stereocenters. The lowest BCUT2D eigenvalue weighted by Crippen LogP contribution is -2.50. The lowest BCUT2D eigenvalue weighted by atomic mass is 10.00. The maximum Gasteiger partial charge on any atom is 0.317 e. The number of carboxylic acid groups (broad SMARTS) is 1. The number of likely N-dealkylation sites (tertiary alicyclic amines) is 1. The Morgan fingerprint density at radius 3 is 2.67 bits per heavy atom. The molecule has 1 saturated carbocycles. The number of carboxylic acids is 1. The molecule has 1 aliphatic carbocycles. The lowest BCUT2D eigenvalue weighted by Gasteiger charge is -2.35. The highest BCUT2D eigenvalue weighted by Gasteiger charge is 2.29. The van der Waals surface area contributed by atoms with Gasteiger partial charge in [-0.3, -0.25) is 9.69 Å². The van der Waals surface area contributed by atoms with Gasteiger partial charge in [0.1, 0.15) is 0 Å². The van der Waals surface area contributed by atoms with Crippen LogP contribution in [-0.2, 0) is 4.79 Å². The van der Waals surface area contributed by atoms with E-state index in [-0.39, 0.29) is 18.5 Å². The first kappa shape index (κ1) is 16.1. The number of carbonyl (C=O) groups is 2. The second-order valence-electron chi connectivity index (χ2n) is 6.03. The molecule has 120 valence electrons. The number of likely N-dealkylation sites (N-methyl/N-ethyl adjacent to an activating group) is 1. The van der Waals surface area contributed by atoms with Gasteiger partial charge < -0.3 is 15.3 Å². The SMILES string of the molecule is CCN(CCNC(=O)N1CCCCC1CC(=O)O)C1CC1. The van der Waals surface area contributed by atoms with Crippen molar-refractivity contribution in [3.63, 3.8) is 0 Å². The van der Waals surface area contributed by atoms with Gasteiger partial charge in [-0.2, -0.15) is 0 Å². The summed E-state index contributed by atoms with van der Waals surface area (Å²) in [6.07, 6.45) is 5.36. The van der Waals surface area contributed by atoms with Crippen molar-refractivity contribution in [2.45, 2.75) is 57.5 Å². The summed E-state index contributed by atoms with van der Waals surface area (Å²) in [5.41, 5.74) is 0. The molecule has 0 radical (unpaired) electrons. The summed E-state index contributed by atoms with van der Waals surface area (Å²) < 4.78 is 0. The summed E-state index contributed by atoms with van der Waals surface area (Å²) in [5, 5.41) is 11.9. The molecule has 6 heteroatoms. The van der Waals surface area contributed by atoms with Gasteiger partial charge in [0.05, 0.1) is 6.42 Å². The molecule has 2 N–H and O–H groups in total. The predicted molar refractivity (Wildman–Crippen MR) is 80.3 cm³/mol. The number of nitrogens with zero attached hydrogens (tertiary/aromatic N) is 2. The number of amides is 2. The maximum atomic E-state index is 12.2. The zero-order chi connectivity index (χ0) is 15.2. The van der Waals surface area contributed by atoms with E-state index in [2.05, 4.69) is 17.1 Å². The van der Waals surface area contributed by atoms with Crippen molar-refractivity contribution in [3.05, 3.63) is 0 Å². The van der Waals surface area contributed by atoms with Crippen LogP contribution in [0, 0.1) is 0 Å². The van der Waals surface area contributed by atoms with Crippen molar-refractivity contribution >= 4 is 12.0 Å². The molecule has 6 nitrogen and oxygen atoms in total. The lowest BCUT2D eigenvalue weighted by molar-refractivity contribution is -0.138. The number of carbonyl (C=O) groups excluding carboxylic acids is 1. The van der Waals surface area contributed by atoms with Gasteiger partial charge in [0.15, 0.2) is 0 Å². The molecule has 1 atom stereocenters. The fourth-order valence-electron chi connectivity index (χ4n) is 3.13. The van der Waals surface area contributed by atoms with E-state index >= 15 is 0 Å². The van der Waals surface area contributed by atoms with E-state index in [0.717, 1.165) is 32.4 Å². The van der Waals surface area contributed by atoms with Gasteiger partial charge in [-0.25, -0.2) is 4.79 Å². The van der Waals surface area contributed by atoms with E-state index in [0.29, 0.717) is 19.1 Å². The zero-order valence-corrected chi connectivity index (χ0v) is 12.9. The van der Waals surface area contributed by atoms with Gasteiger partial charge >= 0.3 is 12.0 Å². The number of hydrogen-bond donors (Lipinski definition) is 2. The van der Waals surface area contributed by atoms with Crippen LogP contribution in [0.3, 0.4) is 0 Å². The fraction of sp³-hybridized carbons (Fsp3) is 0.867. The molecule has 1 saturated heterocycles. The largest absolute Gasteiger partial charge is 0.481 e. The Morgan fingerprint density at radius 1 is 1.29 bits per heavy atom. The highest BCUT2D eigenvalue weighted by atomic mass is 16.4. The molecule has 2 aliphatic rings. The molecule has 2 fully saturated rings. The van der Waals surface area contributed by atoms with Crippen LogP contribution in [0.15, 0.2) is 0 Å². The van der Waals surface area contributed by atoms with E-state index in [1.165, 1.54) is 12.8 Å². The molecule has 1 heterocycles. The van der Waals surface area contributed by atoms with Crippen molar-refractivity contribution in [2.75, 3.05) is 26.2 Å². The Hall–Kier alpha value is -1.30. The summed E-state index contributed by atoms with van der Waals surface area (Å²) in [7, 11) is 0. The predicted octanol–water partition coefficient (Wildman–Crippen LogP) is 1.51. The van der Waals surface area contributed by atoms with Crippen LogP contribution in [0.25, 0.3) is 0 Å². The Kier molecular flexibility index (Phi) is 5.85. The minimum atomic E-state index is -0.828. The summed E-state index contributed by atoms with van der Waals surface area (Å²) in [6.45, 7) is 5.35. The quantitative estimate of drug-likeness (QED) is 0.747. The summed E-state index contributed by atoms with van der Waals surface area (Å²) in [6, 6.07) is 0.455. The number of aliphatic carboxylic acids is 1. The topological polar surface area (TPSA) is 72.9 Å². The highest BCUT2D eigenvalue weighted by molar-refractivity contribution is 5.76. The van der Waals surface area contributed by atoms with Crippen molar-refractivity contribution in [2.24, 2.45) is 0 Å². The molecular formula is C15H27N3O3. The molecule has 2 amide bonds. The van der Waals surface area contributed by atoms with Crippen molar-refractivity contribution in [1.82, 2.24) is 15.1 Å². The number of piperidine rings is 1. The Labute approximate surface area is 126 Å². The summed E-state index contributed by atoms with van der Waals surface area (Å²) in [4.78, 5) is 27.3. The van der Waals surface area contributed by atoms with Crippen LogP contribution < -0.4 is 5.32 Å². The third-order valence-corrected chi connectivity index (χ3v) is 4.44. The first-order valence-corrected chi connectivity index (χ1v) is 8.12. The average molecular weight is 297 g/mol. The monoisotopic (exact) mass is 297 g/mol. The Bertz CT molecular complexity index is 371. The Morgan fingerprint density at radius 2 is 2.05 bits per heavy atom. The molecule has 0 aromatic carbocycles. The van der Waals surface area contributed by atoms with E-state index in [1.807, 2.05) is 0 Å². The highest BCUT2D eigenvalue weighted by Crippen LogP contribution is 2.25. The second-order valence-corrected chi connectivity index (χ2v) is 6.03. The van der Waals surface area contributed by atoms with Crippen LogP contribution in [0.5, 0.6) is 0 Å². The number of nitrogens with one attached hydrogen (secondary N) is 1. The van der Waals surface area contributed by atoms with E-state index in [1.54, 1.807) is 4.90 Å². The van der Waals surface area contributed by atoms with Crippen LogP contribution in [0.2, 0.25) is 0 Å². The van der Waals surface area contributed by atoms with Crippen molar-refractivity contribution < 1.29 is 14.7 Å². The fourth-order valence-corrected chi connectivity index (χ4v) is 3.13. The molecule has 0 spiro atoms. The Balaban J connectivity index is 1.75. The number of hydrogen-bond acceptors (Lipinski definition) is 3. The number of urea groups is 1. The maximum absolute atomic E-state index is 12.2. The van der Waals surface area contributed by atoms with Gasteiger partial charge in [0.2, 0.25) is 0 Å². The van der Waals surface area contributed by atoms with Crippen LogP contribution in [-0.4, -0.2) is 65.2 Å². The van der Waals surface area contributed by atoms with Gasteiger partial charge in [-0.05, 0) is 38.6 Å². The van der Waals surface area contributed by atoms with Gasteiger partial charge in [0.25, 0.3) is 0 Å². The van der Waals surface area contributed by atoms with Crippen LogP contribution in [0.1, 0.15) is 45.4 Å². The third-order valence-electron chi connectivity index (χ3n) is 4.44. The average Bonchev–Trinajstić information content (AvgIpc) is 3.28. The molecule has 0 bridgehead atoms. The molecule has 21 heavy (non-hydrogen) atoms. The zero-order valence-electron chi connectivity index (χ0n) is 12.9. The minimum Gasteiger partial charge on any atom is -0.481 e. The molecule has 0 aromatic rings. The standard InChI is InChI=1S/C15H27N3O3/c1-2-17(12-6-7-12)10-8-16-15(21)18-9-4-3-5-13(18)11-14(19)20/h12-13H,2-11H2,1H3,(H,16,21)(H,19,20). The van der Waals surface area contributed by atoms with Gasteiger partial charge in [-0.15, -0.1) is 0 Å². The van der Waals surface area contributed by atoms with E-state index in [9.17, 15) is 9.59 Å². The minimum absolute atomic E-state index is 0.0522. The van der Waals surface area contributed by atoms with Crippen LogP contribution in [0.4, 0.5) is 4.79 Å². The number of rotatable bonds is 7. The second kappa shape index (κ2) is 7.64. The van der Waals surface area contributed by atoms with Gasteiger partial charge in [0, 0.05) is 31.7 Å².